The van der Waals surface area contributed by atoms with Gasteiger partial charge in [0.15, 0.2) is 0 Å². The maximum absolute atomic E-state index is 12.9. The average Bonchev–Trinajstić information content (AvgIpc) is 3.22. The molecule has 1 aliphatic rings. The van der Waals surface area contributed by atoms with Crippen molar-refractivity contribution in [2.75, 3.05) is 13.1 Å². The predicted octanol–water partition coefficient (Wildman–Crippen LogP) is 4.47. The van der Waals surface area contributed by atoms with E-state index in [9.17, 15) is 4.79 Å². The van der Waals surface area contributed by atoms with E-state index in [-0.39, 0.29) is 5.91 Å². The summed E-state index contributed by atoms with van der Waals surface area (Å²) in [5, 5.41) is 0. The zero-order chi connectivity index (χ0) is 20.2. The first-order valence-electron chi connectivity index (χ1n) is 10.4. The van der Waals surface area contributed by atoms with E-state index >= 15 is 0 Å². The molecule has 0 saturated carbocycles. The first-order valence-corrected chi connectivity index (χ1v) is 10.4. The molecule has 29 heavy (non-hydrogen) atoms. The SMILES string of the molecule is CC(C)c1ccc(C(=O)N2CCC(c3nccn3Cc3cccnc3)CC2)cc1. The van der Waals surface area contributed by atoms with Gasteiger partial charge in [0, 0.05) is 49.4 Å². The van der Waals surface area contributed by atoms with Crippen molar-refractivity contribution in [3.63, 3.8) is 0 Å². The molecule has 1 saturated heterocycles. The molecule has 1 amide bonds. The quantitative estimate of drug-likeness (QED) is 0.648. The molecule has 0 radical (unpaired) electrons. The minimum absolute atomic E-state index is 0.137. The van der Waals surface area contributed by atoms with Crippen LogP contribution < -0.4 is 0 Å². The summed E-state index contributed by atoms with van der Waals surface area (Å²) in [6.07, 6.45) is 9.49. The number of aromatic nitrogens is 3. The van der Waals surface area contributed by atoms with Gasteiger partial charge in [0.05, 0.1) is 6.54 Å². The Morgan fingerprint density at radius 3 is 2.52 bits per heavy atom. The van der Waals surface area contributed by atoms with Crippen molar-refractivity contribution in [2.45, 2.75) is 45.1 Å². The number of imidazole rings is 1. The van der Waals surface area contributed by atoms with Gasteiger partial charge in [0.25, 0.3) is 5.91 Å². The van der Waals surface area contributed by atoms with Crippen molar-refractivity contribution >= 4 is 5.91 Å². The second kappa shape index (κ2) is 8.60. The Bertz CT molecular complexity index is 939. The number of nitrogens with zero attached hydrogens (tertiary/aromatic N) is 4. The molecule has 150 valence electrons. The van der Waals surface area contributed by atoms with Gasteiger partial charge in [-0.2, -0.15) is 0 Å². The van der Waals surface area contributed by atoms with Crippen LogP contribution in [0.25, 0.3) is 0 Å². The molecule has 4 rings (SSSR count). The molecule has 1 aromatic carbocycles. The number of hydrogen-bond acceptors (Lipinski definition) is 3. The van der Waals surface area contributed by atoms with Crippen LogP contribution in [0.4, 0.5) is 0 Å². The Morgan fingerprint density at radius 2 is 1.86 bits per heavy atom. The summed E-state index contributed by atoms with van der Waals surface area (Å²) in [5.74, 6) is 2.11. The number of rotatable bonds is 5. The number of piperidine rings is 1. The Hall–Kier alpha value is -2.95. The molecule has 0 aliphatic carbocycles. The largest absolute Gasteiger partial charge is 0.339 e. The molecule has 5 nitrogen and oxygen atoms in total. The van der Waals surface area contributed by atoms with Crippen LogP contribution in [-0.2, 0) is 6.54 Å². The number of carbonyl (C=O) groups is 1. The van der Waals surface area contributed by atoms with E-state index in [0.717, 1.165) is 43.9 Å². The molecule has 0 N–H and O–H groups in total. The minimum atomic E-state index is 0.137. The van der Waals surface area contributed by atoms with Crippen molar-refractivity contribution in [1.82, 2.24) is 19.4 Å². The first-order chi connectivity index (χ1) is 14.1. The summed E-state index contributed by atoms with van der Waals surface area (Å²) in [6, 6.07) is 12.1. The fourth-order valence-corrected chi connectivity index (χ4v) is 4.04. The Labute approximate surface area is 172 Å². The lowest BCUT2D eigenvalue weighted by molar-refractivity contribution is 0.0710. The van der Waals surface area contributed by atoms with Crippen LogP contribution in [0.2, 0.25) is 0 Å². The third-order valence-electron chi connectivity index (χ3n) is 5.80. The Balaban J connectivity index is 1.38. The van der Waals surface area contributed by atoms with Crippen LogP contribution in [0.5, 0.6) is 0 Å². The molecule has 2 aromatic heterocycles. The van der Waals surface area contributed by atoms with Gasteiger partial charge in [-0.15, -0.1) is 0 Å². The van der Waals surface area contributed by atoms with E-state index in [1.807, 2.05) is 41.7 Å². The zero-order valence-corrected chi connectivity index (χ0v) is 17.2. The summed E-state index contributed by atoms with van der Waals surface area (Å²) in [4.78, 5) is 23.7. The molecule has 0 bridgehead atoms. The summed E-state index contributed by atoms with van der Waals surface area (Å²) in [6.45, 7) is 6.66. The van der Waals surface area contributed by atoms with E-state index in [4.69, 9.17) is 0 Å². The minimum Gasteiger partial charge on any atom is -0.339 e. The highest BCUT2D eigenvalue weighted by Gasteiger charge is 2.27. The normalized spacial score (nSPS) is 15.1. The number of pyridine rings is 1. The van der Waals surface area contributed by atoms with Crippen LogP contribution >= 0.6 is 0 Å². The molecular weight excluding hydrogens is 360 g/mol. The van der Waals surface area contributed by atoms with Crippen LogP contribution in [0.3, 0.4) is 0 Å². The number of hydrogen-bond donors (Lipinski definition) is 0. The molecule has 1 fully saturated rings. The maximum atomic E-state index is 12.9. The highest BCUT2D eigenvalue weighted by Crippen LogP contribution is 2.28. The van der Waals surface area contributed by atoms with Crippen LogP contribution in [0.1, 0.15) is 65.8 Å². The monoisotopic (exact) mass is 388 g/mol. The number of likely N-dealkylation sites (tertiary alicyclic amines) is 1. The third-order valence-corrected chi connectivity index (χ3v) is 5.80. The van der Waals surface area contributed by atoms with Crippen molar-refractivity contribution in [1.29, 1.82) is 0 Å². The van der Waals surface area contributed by atoms with Gasteiger partial charge in [-0.25, -0.2) is 4.98 Å². The highest BCUT2D eigenvalue weighted by atomic mass is 16.2. The van der Waals surface area contributed by atoms with Gasteiger partial charge in [-0.05, 0) is 48.1 Å². The average molecular weight is 389 g/mol. The second-order valence-electron chi connectivity index (χ2n) is 8.12. The van der Waals surface area contributed by atoms with E-state index < -0.39 is 0 Å². The van der Waals surface area contributed by atoms with Crippen molar-refractivity contribution in [2.24, 2.45) is 0 Å². The topological polar surface area (TPSA) is 51.0 Å². The highest BCUT2D eigenvalue weighted by molar-refractivity contribution is 5.94. The van der Waals surface area contributed by atoms with Gasteiger partial charge < -0.3 is 9.47 Å². The molecule has 0 atom stereocenters. The lowest BCUT2D eigenvalue weighted by Gasteiger charge is -2.32. The van der Waals surface area contributed by atoms with Crippen molar-refractivity contribution in [3.8, 4) is 0 Å². The van der Waals surface area contributed by atoms with Gasteiger partial charge in [-0.3, -0.25) is 9.78 Å². The summed E-state index contributed by atoms with van der Waals surface area (Å²) >= 11 is 0. The molecule has 0 spiro atoms. The molecule has 1 aliphatic heterocycles. The van der Waals surface area contributed by atoms with Crippen LogP contribution in [0, 0.1) is 0 Å². The summed E-state index contributed by atoms with van der Waals surface area (Å²) < 4.78 is 2.21. The smallest absolute Gasteiger partial charge is 0.253 e. The molecular formula is C24H28N4O. The molecule has 3 heterocycles. The van der Waals surface area contributed by atoms with E-state index in [1.54, 1.807) is 6.20 Å². The Morgan fingerprint density at radius 1 is 1.10 bits per heavy atom. The number of benzene rings is 1. The van der Waals surface area contributed by atoms with Crippen molar-refractivity contribution in [3.05, 3.63) is 83.7 Å². The first kappa shape index (κ1) is 19.4. The lowest BCUT2D eigenvalue weighted by atomic mass is 9.95. The maximum Gasteiger partial charge on any atom is 0.253 e. The van der Waals surface area contributed by atoms with Crippen LogP contribution in [-0.4, -0.2) is 38.4 Å². The summed E-state index contributed by atoms with van der Waals surface area (Å²) in [7, 11) is 0. The van der Waals surface area contributed by atoms with E-state index in [2.05, 4.69) is 46.6 Å². The zero-order valence-electron chi connectivity index (χ0n) is 17.2. The Kier molecular flexibility index (Phi) is 5.74. The second-order valence-corrected chi connectivity index (χ2v) is 8.12. The van der Waals surface area contributed by atoms with E-state index in [1.165, 1.54) is 11.1 Å². The summed E-state index contributed by atoms with van der Waals surface area (Å²) in [5.41, 5.74) is 3.22. The third kappa shape index (κ3) is 4.39. The molecule has 0 unspecified atom stereocenters. The van der Waals surface area contributed by atoms with Crippen molar-refractivity contribution < 1.29 is 4.79 Å². The van der Waals surface area contributed by atoms with Gasteiger partial charge in [0.1, 0.15) is 5.82 Å². The lowest BCUT2D eigenvalue weighted by Crippen LogP contribution is -2.38. The van der Waals surface area contributed by atoms with E-state index in [0.29, 0.717) is 11.8 Å². The van der Waals surface area contributed by atoms with Gasteiger partial charge >= 0.3 is 0 Å². The standard InChI is InChI=1S/C24H28N4O/c1-18(2)20-5-7-22(8-6-20)24(29)27-13-9-21(10-14-27)23-26-12-15-28(23)17-19-4-3-11-25-16-19/h3-8,11-12,15-16,18,21H,9-10,13-14,17H2,1-2H3. The fraction of sp³-hybridized carbons (Fsp3) is 0.375. The predicted molar refractivity (Wildman–Crippen MR) is 114 cm³/mol. The number of amides is 1. The van der Waals surface area contributed by atoms with Gasteiger partial charge in [0.2, 0.25) is 0 Å². The molecule has 5 heteroatoms. The number of carbonyl (C=O) groups excluding carboxylic acids is 1. The fourth-order valence-electron chi connectivity index (χ4n) is 4.04. The molecule has 3 aromatic rings. The van der Waals surface area contributed by atoms with Crippen LogP contribution in [0.15, 0.2) is 61.2 Å². The van der Waals surface area contributed by atoms with Gasteiger partial charge in [-0.1, -0.05) is 32.0 Å².